The first kappa shape index (κ1) is 12.0. The topological polar surface area (TPSA) is 108 Å². The number of hydrogen-bond donors (Lipinski definition) is 4. The molecule has 7 nitrogen and oxygen atoms in total. The van der Waals surface area contributed by atoms with Crippen LogP contribution in [0.15, 0.2) is 12.4 Å². The van der Waals surface area contributed by atoms with Crippen molar-refractivity contribution in [2.24, 2.45) is 0 Å². The second-order valence-electron chi connectivity index (χ2n) is 4.10. The molecule has 4 N–H and O–H groups in total. The predicted molar refractivity (Wildman–Crippen MR) is 56.9 cm³/mol. The molecule has 1 aliphatic rings. The van der Waals surface area contributed by atoms with Crippen LogP contribution < -0.4 is 5.32 Å². The monoisotopic (exact) mass is 241 g/mol. The summed E-state index contributed by atoms with van der Waals surface area (Å²) in [5, 5.41) is 31.5. The summed E-state index contributed by atoms with van der Waals surface area (Å²) in [5.74, 6) is 0.107. The van der Waals surface area contributed by atoms with E-state index in [0.717, 1.165) is 0 Å². The Balaban J connectivity index is 2.39. The van der Waals surface area contributed by atoms with Gasteiger partial charge in [-0.25, -0.2) is 4.98 Å². The van der Waals surface area contributed by atoms with E-state index in [-0.39, 0.29) is 12.5 Å². The molecule has 2 rings (SSSR count). The fourth-order valence-electron chi connectivity index (χ4n) is 2.15. The lowest BCUT2D eigenvalue weighted by molar-refractivity contribution is -0.123. The molecule has 0 saturated heterocycles. The number of fused-ring (bicyclic) bond motifs is 1. The third-order valence-corrected chi connectivity index (χ3v) is 2.97. The highest BCUT2D eigenvalue weighted by Crippen LogP contribution is 2.31. The van der Waals surface area contributed by atoms with E-state index in [1.807, 2.05) is 0 Å². The van der Waals surface area contributed by atoms with E-state index < -0.39 is 24.3 Å². The van der Waals surface area contributed by atoms with Crippen LogP contribution in [0.4, 0.5) is 0 Å². The maximum atomic E-state index is 11.1. The molecule has 0 unspecified atom stereocenters. The van der Waals surface area contributed by atoms with E-state index in [2.05, 4.69) is 10.3 Å². The van der Waals surface area contributed by atoms with Crippen LogP contribution in [0.5, 0.6) is 0 Å². The summed E-state index contributed by atoms with van der Waals surface area (Å²) in [5.41, 5.74) is 0. The number of aromatic nitrogens is 2. The number of carbonyl (C=O) groups is 1. The molecule has 0 radical (unpaired) electrons. The van der Waals surface area contributed by atoms with Gasteiger partial charge in [-0.15, -0.1) is 0 Å². The Labute approximate surface area is 97.7 Å². The van der Waals surface area contributed by atoms with Crippen molar-refractivity contribution in [1.29, 1.82) is 0 Å². The van der Waals surface area contributed by atoms with E-state index in [0.29, 0.717) is 5.82 Å². The van der Waals surface area contributed by atoms with Crippen molar-refractivity contribution < 1.29 is 20.1 Å². The molecule has 1 aliphatic heterocycles. The number of nitrogens with one attached hydrogen (secondary N) is 1. The van der Waals surface area contributed by atoms with Gasteiger partial charge in [-0.3, -0.25) is 4.79 Å². The predicted octanol–water partition coefficient (Wildman–Crippen LogP) is -1.67. The third-order valence-electron chi connectivity index (χ3n) is 2.97. The molecule has 0 aromatic carbocycles. The molecule has 2 heterocycles. The number of carbonyl (C=O) groups excluding carboxylic acids is 1. The summed E-state index contributed by atoms with van der Waals surface area (Å²) in [7, 11) is 0. The van der Waals surface area contributed by atoms with Gasteiger partial charge >= 0.3 is 0 Å². The molecule has 17 heavy (non-hydrogen) atoms. The Morgan fingerprint density at radius 2 is 2.24 bits per heavy atom. The lowest BCUT2D eigenvalue weighted by Crippen LogP contribution is -2.51. The van der Waals surface area contributed by atoms with Crippen LogP contribution in [-0.2, 0) is 4.79 Å². The molecule has 0 fully saturated rings. The minimum Gasteiger partial charge on any atom is -0.394 e. The maximum Gasteiger partial charge on any atom is 0.217 e. The first-order chi connectivity index (χ1) is 8.06. The Morgan fingerprint density at radius 3 is 2.82 bits per heavy atom. The van der Waals surface area contributed by atoms with Gasteiger partial charge in [-0.2, -0.15) is 0 Å². The van der Waals surface area contributed by atoms with Crippen LogP contribution in [0.2, 0.25) is 0 Å². The van der Waals surface area contributed by atoms with Crippen molar-refractivity contribution >= 4 is 5.91 Å². The number of nitrogens with zero attached hydrogens (tertiary/aromatic N) is 2. The van der Waals surface area contributed by atoms with Gasteiger partial charge in [0.2, 0.25) is 5.91 Å². The summed E-state index contributed by atoms with van der Waals surface area (Å²) >= 11 is 0. The summed E-state index contributed by atoms with van der Waals surface area (Å²) < 4.78 is 1.57. The van der Waals surface area contributed by atoms with Crippen molar-refractivity contribution in [2.75, 3.05) is 6.61 Å². The molecule has 94 valence electrons. The van der Waals surface area contributed by atoms with E-state index in [1.165, 1.54) is 13.1 Å². The molecule has 0 bridgehead atoms. The van der Waals surface area contributed by atoms with Crippen molar-refractivity contribution in [3.63, 3.8) is 0 Å². The number of amides is 1. The zero-order chi connectivity index (χ0) is 12.6. The first-order valence-electron chi connectivity index (χ1n) is 5.33. The summed E-state index contributed by atoms with van der Waals surface area (Å²) in [6.45, 7) is 1.01. The Kier molecular flexibility index (Phi) is 3.14. The Morgan fingerprint density at radius 1 is 1.53 bits per heavy atom. The maximum absolute atomic E-state index is 11.1. The van der Waals surface area contributed by atoms with Gasteiger partial charge in [0.15, 0.2) is 0 Å². The van der Waals surface area contributed by atoms with E-state index >= 15 is 0 Å². The quantitative estimate of drug-likeness (QED) is 0.495. The number of hydrogen-bond acceptors (Lipinski definition) is 5. The van der Waals surface area contributed by atoms with Crippen LogP contribution in [0.1, 0.15) is 24.8 Å². The molecule has 0 aliphatic carbocycles. The van der Waals surface area contributed by atoms with E-state index in [9.17, 15) is 20.1 Å². The lowest BCUT2D eigenvalue weighted by Gasteiger charge is -2.37. The molecule has 7 heteroatoms. The average molecular weight is 241 g/mol. The van der Waals surface area contributed by atoms with Crippen LogP contribution in [-0.4, -0.2) is 49.6 Å². The second-order valence-corrected chi connectivity index (χ2v) is 4.10. The van der Waals surface area contributed by atoms with E-state index in [1.54, 1.807) is 10.8 Å². The molecule has 0 spiro atoms. The molecule has 1 aromatic rings. The number of rotatable bonds is 2. The van der Waals surface area contributed by atoms with Gasteiger partial charge in [0.25, 0.3) is 0 Å². The van der Waals surface area contributed by atoms with Gasteiger partial charge in [0.05, 0.1) is 12.6 Å². The molecule has 1 amide bonds. The zero-order valence-corrected chi connectivity index (χ0v) is 9.32. The normalized spacial score (nSPS) is 32.0. The highest BCUT2D eigenvalue weighted by molar-refractivity contribution is 5.73. The van der Waals surface area contributed by atoms with Gasteiger partial charge in [0, 0.05) is 19.3 Å². The molecular weight excluding hydrogens is 226 g/mol. The minimum absolute atomic E-state index is 0.311. The van der Waals surface area contributed by atoms with Crippen molar-refractivity contribution in [1.82, 2.24) is 14.9 Å². The highest BCUT2D eigenvalue weighted by Gasteiger charge is 2.42. The zero-order valence-electron chi connectivity index (χ0n) is 9.32. The fraction of sp³-hybridized carbons (Fsp3) is 0.600. The third kappa shape index (κ3) is 1.92. The standard InChI is InChI=1S/C10H15N3O4/c1-5(15)12-7-9(17)8(16)6(4-14)13-3-2-11-10(7)13/h2-3,6-9,14,16-17H,4H2,1H3,(H,12,15)/t6-,7-,8+,9-/m1/s1. The largest absolute Gasteiger partial charge is 0.394 e. The summed E-state index contributed by atoms with van der Waals surface area (Å²) in [6, 6.07) is -1.41. The molecule has 4 atom stereocenters. The van der Waals surface area contributed by atoms with Crippen molar-refractivity contribution in [3.8, 4) is 0 Å². The number of imidazole rings is 1. The molecule has 0 saturated carbocycles. The van der Waals surface area contributed by atoms with Crippen molar-refractivity contribution in [3.05, 3.63) is 18.2 Å². The van der Waals surface area contributed by atoms with Gasteiger partial charge in [0.1, 0.15) is 24.1 Å². The minimum atomic E-state index is -1.19. The Bertz CT molecular complexity index is 419. The smallest absolute Gasteiger partial charge is 0.217 e. The first-order valence-corrected chi connectivity index (χ1v) is 5.33. The fourth-order valence-corrected chi connectivity index (χ4v) is 2.15. The molecule has 1 aromatic heterocycles. The molecular formula is C10H15N3O4. The summed E-state index contributed by atoms with van der Waals surface area (Å²) in [4.78, 5) is 15.1. The average Bonchev–Trinajstić information content (AvgIpc) is 2.73. The SMILES string of the molecule is CC(=O)N[C@H]1c2nccn2[C@H](CO)[C@H](O)[C@@H]1O. The highest BCUT2D eigenvalue weighted by atomic mass is 16.3. The number of aliphatic hydroxyl groups is 3. The van der Waals surface area contributed by atoms with Crippen LogP contribution >= 0.6 is 0 Å². The van der Waals surface area contributed by atoms with Gasteiger partial charge < -0.3 is 25.2 Å². The lowest BCUT2D eigenvalue weighted by atomic mass is 9.94. The number of aliphatic hydroxyl groups excluding tert-OH is 3. The summed E-state index contributed by atoms with van der Waals surface area (Å²) in [6.07, 6.45) is 0.752. The van der Waals surface area contributed by atoms with E-state index in [4.69, 9.17) is 0 Å². The Hall–Kier alpha value is -1.44. The van der Waals surface area contributed by atoms with Gasteiger partial charge in [-0.05, 0) is 0 Å². The van der Waals surface area contributed by atoms with Gasteiger partial charge in [-0.1, -0.05) is 0 Å². The van der Waals surface area contributed by atoms with Crippen molar-refractivity contribution in [2.45, 2.75) is 31.2 Å². The van der Waals surface area contributed by atoms with Crippen LogP contribution in [0, 0.1) is 0 Å². The van der Waals surface area contributed by atoms with Crippen LogP contribution in [0.25, 0.3) is 0 Å². The van der Waals surface area contributed by atoms with Crippen LogP contribution in [0.3, 0.4) is 0 Å². The second kappa shape index (κ2) is 4.44.